The molecule has 1 saturated heterocycles. The van der Waals surface area contributed by atoms with E-state index in [0.29, 0.717) is 6.54 Å². The lowest BCUT2D eigenvalue weighted by atomic mass is 9.94. The van der Waals surface area contributed by atoms with Gasteiger partial charge in [0.05, 0.1) is 12.5 Å². The number of amides is 1. The number of hydrogen-bond acceptors (Lipinski definition) is 4. The fraction of sp³-hybridized carbons (Fsp3) is 0.737. The molecule has 0 bridgehead atoms. The number of ether oxygens (including phenoxy) is 1. The summed E-state index contributed by atoms with van der Waals surface area (Å²) in [4.78, 5) is 16.6. The van der Waals surface area contributed by atoms with Gasteiger partial charge in [-0.3, -0.25) is 9.69 Å². The van der Waals surface area contributed by atoms with Crippen LogP contribution in [-0.4, -0.2) is 43.1 Å². The van der Waals surface area contributed by atoms with E-state index in [2.05, 4.69) is 21.7 Å². The molecule has 4 rings (SSSR count). The van der Waals surface area contributed by atoms with Crippen molar-refractivity contribution in [3.63, 3.8) is 0 Å². The smallest absolute Gasteiger partial charge is 0.224 e. The van der Waals surface area contributed by atoms with E-state index in [9.17, 15) is 4.79 Å². The van der Waals surface area contributed by atoms with E-state index >= 15 is 0 Å². The molecule has 2 unspecified atom stereocenters. The summed E-state index contributed by atoms with van der Waals surface area (Å²) >= 11 is 1.81. The standard InChI is InChI=1S/C19H28N2O2S/c22-19(14-6-9-21(13-14)15-4-2-1-3-5-15)20-12-17-16-8-11-24-18(16)7-10-23-17/h8,11,14-15,17H,1-7,9-10,12-13H2,(H,20,22). The number of thiophene rings is 1. The van der Waals surface area contributed by atoms with Gasteiger partial charge in [-0.2, -0.15) is 0 Å². The Morgan fingerprint density at radius 1 is 1.29 bits per heavy atom. The minimum Gasteiger partial charge on any atom is -0.371 e. The van der Waals surface area contributed by atoms with Gasteiger partial charge in [0, 0.05) is 30.4 Å². The zero-order chi connectivity index (χ0) is 16.4. The lowest BCUT2D eigenvalue weighted by Crippen LogP contribution is -2.39. The summed E-state index contributed by atoms with van der Waals surface area (Å²) in [6, 6.07) is 2.88. The molecule has 1 aromatic heterocycles. The normalized spacial score (nSPS) is 28.7. The number of nitrogens with zero attached hydrogens (tertiary/aromatic N) is 1. The van der Waals surface area contributed by atoms with Crippen LogP contribution < -0.4 is 5.32 Å². The molecule has 3 heterocycles. The van der Waals surface area contributed by atoms with Crippen molar-refractivity contribution in [1.82, 2.24) is 10.2 Å². The monoisotopic (exact) mass is 348 g/mol. The van der Waals surface area contributed by atoms with Crippen molar-refractivity contribution in [2.45, 2.75) is 57.1 Å². The molecule has 4 nitrogen and oxygen atoms in total. The summed E-state index contributed by atoms with van der Waals surface area (Å²) < 4.78 is 5.87. The third-order valence-corrected chi connectivity index (χ3v) is 6.91. The molecule has 1 aromatic rings. The molecule has 1 aliphatic carbocycles. The predicted octanol–water partition coefficient (Wildman–Crippen LogP) is 3.13. The SMILES string of the molecule is O=C(NCC1OCCc2sccc21)C1CCN(C2CCCCC2)C1. The molecule has 2 aliphatic heterocycles. The Hall–Kier alpha value is -0.910. The van der Waals surface area contributed by atoms with Crippen LogP contribution in [-0.2, 0) is 16.0 Å². The highest BCUT2D eigenvalue weighted by Crippen LogP contribution is 2.31. The van der Waals surface area contributed by atoms with Crippen molar-refractivity contribution in [2.24, 2.45) is 5.92 Å². The summed E-state index contributed by atoms with van der Waals surface area (Å²) in [6.45, 7) is 3.43. The fourth-order valence-electron chi connectivity index (χ4n) is 4.51. The van der Waals surface area contributed by atoms with Gasteiger partial charge in [-0.15, -0.1) is 11.3 Å². The molecule has 1 saturated carbocycles. The van der Waals surface area contributed by atoms with Gasteiger partial charge in [-0.1, -0.05) is 19.3 Å². The van der Waals surface area contributed by atoms with Crippen LogP contribution in [0, 0.1) is 5.92 Å². The van der Waals surface area contributed by atoms with Gasteiger partial charge in [-0.25, -0.2) is 0 Å². The predicted molar refractivity (Wildman–Crippen MR) is 96.3 cm³/mol. The highest BCUT2D eigenvalue weighted by atomic mass is 32.1. The largest absolute Gasteiger partial charge is 0.371 e. The first-order valence-corrected chi connectivity index (χ1v) is 10.4. The average molecular weight is 349 g/mol. The Labute approximate surface area is 148 Å². The molecule has 0 spiro atoms. The fourth-order valence-corrected chi connectivity index (χ4v) is 5.43. The maximum atomic E-state index is 12.6. The second kappa shape index (κ2) is 7.54. The van der Waals surface area contributed by atoms with E-state index < -0.39 is 0 Å². The van der Waals surface area contributed by atoms with Crippen LogP contribution in [0.3, 0.4) is 0 Å². The maximum absolute atomic E-state index is 12.6. The van der Waals surface area contributed by atoms with Crippen molar-refractivity contribution >= 4 is 17.2 Å². The number of nitrogens with one attached hydrogen (secondary N) is 1. The molecule has 2 fully saturated rings. The van der Waals surface area contributed by atoms with Crippen LogP contribution in [0.4, 0.5) is 0 Å². The van der Waals surface area contributed by atoms with Crippen LogP contribution in [0.5, 0.6) is 0 Å². The van der Waals surface area contributed by atoms with Gasteiger partial charge >= 0.3 is 0 Å². The van der Waals surface area contributed by atoms with E-state index in [1.54, 1.807) is 11.3 Å². The first kappa shape index (κ1) is 16.6. The van der Waals surface area contributed by atoms with Crippen molar-refractivity contribution in [3.05, 3.63) is 21.9 Å². The molecule has 1 amide bonds. The van der Waals surface area contributed by atoms with Crippen molar-refractivity contribution in [2.75, 3.05) is 26.2 Å². The third-order valence-electron chi connectivity index (χ3n) is 5.92. The van der Waals surface area contributed by atoms with Gasteiger partial charge in [0.1, 0.15) is 6.10 Å². The minimum atomic E-state index is 0.0415. The lowest BCUT2D eigenvalue weighted by molar-refractivity contribution is -0.125. The van der Waals surface area contributed by atoms with E-state index in [1.807, 2.05) is 0 Å². The summed E-state index contributed by atoms with van der Waals surface area (Å²) in [6.07, 6.45) is 8.82. The van der Waals surface area contributed by atoms with E-state index in [1.165, 1.54) is 42.5 Å². The number of rotatable bonds is 4. The molecule has 5 heteroatoms. The Morgan fingerprint density at radius 2 is 2.17 bits per heavy atom. The second-order valence-corrected chi connectivity index (χ2v) is 8.43. The second-order valence-electron chi connectivity index (χ2n) is 7.43. The summed E-state index contributed by atoms with van der Waals surface area (Å²) in [5.41, 5.74) is 1.28. The van der Waals surface area contributed by atoms with Crippen LogP contribution >= 0.6 is 11.3 Å². The van der Waals surface area contributed by atoms with Gasteiger partial charge in [0.2, 0.25) is 5.91 Å². The Balaban J connectivity index is 1.27. The van der Waals surface area contributed by atoms with Crippen molar-refractivity contribution < 1.29 is 9.53 Å². The number of fused-ring (bicyclic) bond motifs is 1. The molecule has 0 aromatic carbocycles. The summed E-state index contributed by atoms with van der Waals surface area (Å²) in [7, 11) is 0. The first-order valence-electron chi connectivity index (χ1n) is 9.51. The van der Waals surface area contributed by atoms with E-state index in [4.69, 9.17) is 4.74 Å². The van der Waals surface area contributed by atoms with Gasteiger partial charge < -0.3 is 10.1 Å². The van der Waals surface area contributed by atoms with Crippen LogP contribution in [0.25, 0.3) is 0 Å². The number of carbonyl (C=O) groups excluding carboxylic acids is 1. The van der Waals surface area contributed by atoms with Gasteiger partial charge in [-0.05, 0) is 42.8 Å². The zero-order valence-corrected chi connectivity index (χ0v) is 15.2. The van der Waals surface area contributed by atoms with Crippen molar-refractivity contribution in [1.29, 1.82) is 0 Å². The Bertz CT molecular complexity index is 567. The summed E-state index contributed by atoms with van der Waals surface area (Å²) in [5.74, 6) is 0.386. The molecular weight excluding hydrogens is 320 g/mol. The van der Waals surface area contributed by atoms with Crippen LogP contribution in [0.1, 0.15) is 55.1 Å². The third kappa shape index (κ3) is 3.53. The first-order chi connectivity index (χ1) is 11.8. The number of hydrogen-bond donors (Lipinski definition) is 1. The quantitative estimate of drug-likeness (QED) is 0.909. The van der Waals surface area contributed by atoms with Gasteiger partial charge in [0.15, 0.2) is 0 Å². The van der Waals surface area contributed by atoms with E-state index in [-0.39, 0.29) is 17.9 Å². The molecule has 24 heavy (non-hydrogen) atoms. The number of carbonyl (C=O) groups is 1. The summed E-state index contributed by atoms with van der Waals surface area (Å²) in [5, 5.41) is 5.29. The van der Waals surface area contributed by atoms with Crippen molar-refractivity contribution in [3.8, 4) is 0 Å². The molecule has 3 aliphatic rings. The maximum Gasteiger partial charge on any atom is 0.224 e. The minimum absolute atomic E-state index is 0.0415. The molecule has 2 atom stereocenters. The molecule has 0 radical (unpaired) electrons. The van der Waals surface area contributed by atoms with Gasteiger partial charge in [0.25, 0.3) is 0 Å². The highest BCUT2D eigenvalue weighted by molar-refractivity contribution is 7.10. The topological polar surface area (TPSA) is 41.6 Å². The van der Waals surface area contributed by atoms with E-state index in [0.717, 1.165) is 38.6 Å². The molecular formula is C19H28N2O2S. The Morgan fingerprint density at radius 3 is 3.04 bits per heavy atom. The van der Waals surface area contributed by atoms with Crippen LogP contribution in [0.15, 0.2) is 11.4 Å². The average Bonchev–Trinajstić information content (AvgIpc) is 3.30. The lowest BCUT2D eigenvalue weighted by Gasteiger charge is -2.31. The van der Waals surface area contributed by atoms with Crippen LogP contribution in [0.2, 0.25) is 0 Å². The zero-order valence-electron chi connectivity index (χ0n) is 14.3. The number of likely N-dealkylation sites (tertiary alicyclic amines) is 1. The molecule has 132 valence electrons. The Kier molecular flexibility index (Phi) is 5.20. The highest BCUT2D eigenvalue weighted by Gasteiger charge is 2.33. The molecule has 1 N–H and O–H groups in total.